The molecule has 0 saturated heterocycles. The molecule has 0 atom stereocenters. The summed E-state index contributed by atoms with van der Waals surface area (Å²) in [6.45, 7) is 0. The van der Waals surface area contributed by atoms with Crippen molar-refractivity contribution in [1.29, 1.82) is 0 Å². The number of rotatable bonds is 0. The molecule has 0 aliphatic carbocycles. The van der Waals surface area contributed by atoms with Crippen molar-refractivity contribution in [1.82, 2.24) is 4.98 Å². The fraction of sp³-hybridized carbons (Fsp3) is 0.100. The van der Waals surface area contributed by atoms with E-state index in [2.05, 4.69) is 20.9 Å². The summed E-state index contributed by atoms with van der Waals surface area (Å²) in [6, 6.07) is 4.86. The first kappa shape index (κ1) is 11.2. The Balaban J connectivity index is 2.67. The van der Waals surface area contributed by atoms with Crippen LogP contribution in [-0.4, -0.2) is 4.98 Å². The van der Waals surface area contributed by atoms with Gasteiger partial charge >= 0.3 is 6.18 Å². The summed E-state index contributed by atoms with van der Waals surface area (Å²) in [5.74, 6) is 0.257. The molecule has 0 radical (unpaired) electrons. The number of anilines is 1. The number of hydrogen-bond acceptors (Lipinski definition) is 2. The minimum absolute atomic E-state index is 0.257. The largest absolute Gasteiger partial charge is 0.416 e. The Bertz CT molecular complexity index is 551. The van der Waals surface area contributed by atoms with Crippen molar-refractivity contribution in [2.45, 2.75) is 6.18 Å². The summed E-state index contributed by atoms with van der Waals surface area (Å²) in [5.41, 5.74) is 5.27. The van der Waals surface area contributed by atoms with E-state index in [4.69, 9.17) is 5.73 Å². The highest BCUT2D eigenvalue weighted by Crippen LogP contribution is 2.32. The first-order chi connectivity index (χ1) is 7.38. The van der Waals surface area contributed by atoms with Gasteiger partial charge in [0, 0.05) is 5.39 Å². The van der Waals surface area contributed by atoms with Crippen molar-refractivity contribution in [2.24, 2.45) is 0 Å². The van der Waals surface area contributed by atoms with Gasteiger partial charge in [0.15, 0.2) is 0 Å². The van der Waals surface area contributed by atoms with Crippen LogP contribution in [-0.2, 0) is 6.18 Å². The second-order valence-corrected chi connectivity index (χ2v) is 4.12. The number of hydrogen-bond donors (Lipinski definition) is 1. The lowest BCUT2D eigenvalue weighted by molar-refractivity contribution is -0.137. The molecule has 0 amide bonds. The normalized spacial score (nSPS) is 12.0. The average molecular weight is 291 g/mol. The fourth-order valence-electron chi connectivity index (χ4n) is 1.34. The van der Waals surface area contributed by atoms with Gasteiger partial charge in [-0.15, -0.1) is 0 Å². The zero-order chi connectivity index (χ0) is 11.9. The summed E-state index contributed by atoms with van der Waals surface area (Å²) < 4.78 is 37.8. The van der Waals surface area contributed by atoms with Crippen LogP contribution in [0.1, 0.15) is 5.56 Å². The van der Waals surface area contributed by atoms with Crippen LogP contribution in [0, 0.1) is 0 Å². The molecule has 0 unspecified atom stereocenters. The first-order valence-corrected chi connectivity index (χ1v) is 5.10. The molecule has 1 aromatic heterocycles. The van der Waals surface area contributed by atoms with Gasteiger partial charge in [0.25, 0.3) is 0 Å². The number of aromatic nitrogens is 1. The maximum atomic E-state index is 12.4. The standard InChI is InChI=1S/C10H6BrF3N2/c11-7-4-5-3-6(10(12,13)14)1-2-8(5)16-9(7)15/h1-4H,(H2,15,16). The maximum Gasteiger partial charge on any atom is 0.416 e. The van der Waals surface area contributed by atoms with E-state index in [0.717, 1.165) is 12.1 Å². The molecule has 2 rings (SSSR count). The number of nitrogens with zero attached hydrogens (tertiary/aromatic N) is 1. The zero-order valence-corrected chi connectivity index (χ0v) is 9.43. The topological polar surface area (TPSA) is 38.9 Å². The molecule has 0 aliphatic rings. The number of alkyl halides is 3. The minimum atomic E-state index is -4.35. The first-order valence-electron chi connectivity index (χ1n) is 4.31. The van der Waals surface area contributed by atoms with Crippen LogP contribution in [0.3, 0.4) is 0 Å². The van der Waals surface area contributed by atoms with Gasteiger partial charge in [0.05, 0.1) is 15.6 Å². The molecule has 2 aromatic rings. The summed E-state index contributed by atoms with van der Waals surface area (Å²) in [7, 11) is 0. The van der Waals surface area contributed by atoms with Gasteiger partial charge in [-0.25, -0.2) is 4.98 Å². The summed E-state index contributed by atoms with van der Waals surface area (Å²) in [5, 5.41) is 0.399. The molecule has 0 aliphatic heterocycles. The van der Waals surface area contributed by atoms with E-state index in [1.54, 1.807) is 0 Å². The number of fused-ring (bicyclic) bond motifs is 1. The van der Waals surface area contributed by atoms with Crippen LogP contribution in [0.5, 0.6) is 0 Å². The van der Waals surface area contributed by atoms with Crippen molar-refractivity contribution in [3.05, 3.63) is 34.3 Å². The van der Waals surface area contributed by atoms with Gasteiger partial charge in [-0.2, -0.15) is 13.2 Å². The van der Waals surface area contributed by atoms with Gasteiger partial charge in [-0.05, 0) is 40.2 Å². The molecule has 0 fully saturated rings. The van der Waals surface area contributed by atoms with Crippen molar-refractivity contribution in [2.75, 3.05) is 5.73 Å². The number of nitrogen functional groups attached to an aromatic ring is 1. The number of nitrogens with two attached hydrogens (primary N) is 1. The molecule has 0 saturated carbocycles. The fourth-order valence-corrected chi connectivity index (χ4v) is 1.68. The highest BCUT2D eigenvalue weighted by molar-refractivity contribution is 9.10. The number of benzene rings is 1. The maximum absolute atomic E-state index is 12.4. The van der Waals surface area contributed by atoms with E-state index >= 15 is 0 Å². The minimum Gasteiger partial charge on any atom is -0.383 e. The summed E-state index contributed by atoms with van der Waals surface area (Å²) >= 11 is 3.12. The van der Waals surface area contributed by atoms with Crippen molar-refractivity contribution in [3.8, 4) is 0 Å². The van der Waals surface area contributed by atoms with E-state index < -0.39 is 11.7 Å². The lowest BCUT2D eigenvalue weighted by Crippen LogP contribution is -2.04. The van der Waals surface area contributed by atoms with Crippen LogP contribution in [0.4, 0.5) is 19.0 Å². The predicted molar refractivity (Wildman–Crippen MR) is 58.9 cm³/mol. The SMILES string of the molecule is Nc1nc2ccc(C(F)(F)F)cc2cc1Br. The zero-order valence-electron chi connectivity index (χ0n) is 7.85. The Kier molecular flexibility index (Phi) is 2.53. The van der Waals surface area contributed by atoms with Crippen LogP contribution in [0.25, 0.3) is 10.9 Å². The lowest BCUT2D eigenvalue weighted by Gasteiger charge is -2.08. The highest BCUT2D eigenvalue weighted by atomic mass is 79.9. The van der Waals surface area contributed by atoms with Crippen molar-refractivity contribution in [3.63, 3.8) is 0 Å². The molecule has 0 bridgehead atoms. The molecule has 6 heteroatoms. The van der Waals surface area contributed by atoms with Crippen molar-refractivity contribution < 1.29 is 13.2 Å². The van der Waals surface area contributed by atoms with Crippen LogP contribution < -0.4 is 5.73 Å². The third-order valence-corrected chi connectivity index (χ3v) is 2.76. The van der Waals surface area contributed by atoms with Gasteiger partial charge in [-0.1, -0.05) is 0 Å². The third kappa shape index (κ3) is 1.97. The Labute approximate surface area is 97.4 Å². The molecule has 2 N–H and O–H groups in total. The third-order valence-electron chi connectivity index (χ3n) is 2.12. The highest BCUT2D eigenvalue weighted by Gasteiger charge is 2.30. The van der Waals surface area contributed by atoms with Gasteiger partial charge < -0.3 is 5.73 Å². The van der Waals surface area contributed by atoms with Crippen LogP contribution in [0.2, 0.25) is 0 Å². The smallest absolute Gasteiger partial charge is 0.383 e. The predicted octanol–water partition coefficient (Wildman–Crippen LogP) is 3.60. The summed E-state index contributed by atoms with van der Waals surface area (Å²) in [4.78, 5) is 3.96. The quantitative estimate of drug-likeness (QED) is 0.805. The Morgan fingerprint density at radius 3 is 2.50 bits per heavy atom. The van der Waals surface area contributed by atoms with E-state index in [1.165, 1.54) is 12.1 Å². The van der Waals surface area contributed by atoms with Crippen molar-refractivity contribution >= 4 is 32.7 Å². The average Bonchev–Trinajstić information content (AvgIpc) is 2.17. The van der Waals surface area contributed by atoms with Gasteiger partial charge in [-0.3, -0.25) is 0 Å². The molecule has 16 heavy (non-hydrogen) atoms. The van der Waals surface area contributed by atoms with E-state index in [9.17, 15) is 13.2 Å². The Morgan fingerprint density at radius 1 is 1.19 bits per heavy atom. The van der Waals surface area contributed by atoms with Gasteiger partial charge in [0.2, 0.25) is 0 Å². The second kappa shape index (κ2) is 3.62. The van der Waals surface area contributed by atoms with Crippen LogP contribution in [0.15, 0.2) is 28.7 Å². The lowest BCUT2D eigenvalue weighted by atomic mass is 10.1. The monoisotopic (exact) mass is 290 g/mol. The molecule has 0 spiro atoms. The van der Waals surface area contributed by atoms with E-state index in [-0.39, 0.29) is 5.82 Å². The summed E-state index contributed by atoms with van der Waals surface area (Å²) in [6.07, 6.45) is -4.35. The van der Waals surface area contributed by atoms with E-state index in [1.807, 2.05) is 0 Å². The molecular formula is C10H6BrF3N2. The Morgan fingerprint density at radius 2 is 1.88 bits per heavy atom. The molecule has 2 nitrogen and oxygen atoms in total. The molecular weight excluding hydrogens is 285 g/mol. The molecule has 1 heterocycles. The Hall–Kier alpha value is -1.30. The van der Waals surface area contributed by atoms with E-state index in [0.29, 0.717) is 15.4 Å². The number of pyridine rings is 1. The van der Waals surface area contributed by atoms with Crippen LogP contribution >= 0.6 is 15.9 Å². The molecule has 84 valence electrons. The van der Waals surface area contributed by atoms with Gasteiger partial charge in [0.1, 0.15) is 5.82 Å². The second-order valence-electron chi connectivity index (χ2n) is 3.26. The molecule has 1 aromatic carbocycles. The number of halogens is 4.